The van der Waals surface area contributed by atoms with Crippen molar-refractivity contribution in [1.82, 2.24) is 4.90 Å². The first-order valence-electron chi connectivity index (χ1n) is 8.53. The van der Waals surface area contributed by atoms with Gasteiger partial charge < -0.3 is 9.64 Å². The van der Waals surface area contributed by atoms with Crippen molar-refractivity contribution in [2.75, 3.05) is 20.6 Å². The third-order valence-electron chi connectivity index (χ3n) is 4.04. The van der Waals surface area contributed by atoms with Crippen molar-refractivity contribution < 1.29 is 9.53 Å². The number of hydrogen-bond donors (Lipinski definition) is 0. The second kappa shape index (κ2) is 9.24. The summed E-state index contributed by atoms with van der Waals surface area (Å²) in [5.41, 5.74) is 2.32. The Balaban J connectivity index is 2.30. The lowest BCUT2D eigenvalue weighted by molar-refractivity contribution is -0.152. The quantitative estimate of drug-likeness (QED) is 0.684. The van der Waals surface area contributed by atoms with Crippen molar-refractivity contribution in [3.8, 4) is 0 Å². The van der Waals surface area contributed by atoms with Crippen LogP contribution < -0.4 is 0 Å². The largest absolute Gasteiger partial charge is 0.457 e. The minimum atomic E-state index is -0.235. The average Bonchev–Trinajstić information content (AvgIpc) is 2.60. The van der Waals surface area contributed by atoms with E-state index in [1.165, 1.54) is 5.56 Å². The molecule has 2 aromatic rings. The smallest absolute Gasteiger partial charge is 0.306 e. The summed E-state index contributed by atoms with van der Waals surface area (Å²) in [7, 11) is 4.11. The molecule has 0 saturated heterocycles. The van der Waals surface area contributed by atoms with E-state index >= 15 is 0 Å². The van der Waals surface area contributed by atoms with Crippen molar-refractivity contribution in [3.63, 3.8) is 0 Å². The van der Waals surface area contributed by atoms with Crippen LogP contribution in [0.2, 0.25) is 0 Å². The maximum Gasteiger partial charge on any atom is 0.306 e. The van der Waals surface area contributed by atoms with Gasteiger partial charge in [-0.1, -0.05) is 67.6 Å². The van der Waals surface area contributed by atoms with Crippen LogP contribution in [0.4, 0.5) is 0 Å². The maximum atomic E-state index is 12.0. The molecule has 24 heavy (non-hydrogen) atoms. The molecular formula is C21H27NO2. The van der Waals surface area contributed by atoms with E-state index in [0.29, 0.717) is 6.42 Å². The minimum absolute atomic E-state index is 0.152. The van der Waals surface area contributed by atoms with Crippen LogP contribution in [0, 0.1) is 5.92 Å². The third-order valence-corrected chi connectivity index (χ3v) is 4.04. The van der Waals surface area contributed by atoms with Crippen LogP contribution in [-0.4, -0.2) is 31.5 Å². The molecule has 0 spiro atoms. The van der Waals surface area contributed by atoms with Gasteiger partial charge in [-0.2, -0.15) is 0 Å². The summed E-state index contributed by atoms with van der Waals surface area (Å²) in [5, 5.41) is 0. The number of rotatable bonds is 8. The van der Waals surface area contributed by atoms with E-state index in [4.69, 9.17) is 4.74 Å². The molecule has 0 aromatic heterocycles. The molecule has 128 valence electrons. The lowest BCUT2D eigenvalue weighted by Gasteiger charge is -2.30. The Morgan fingerprint density at radius 2 is 1.58 bits per heavy atom. The summed E-state index contributed by atoms with van der Waals surface area (Å²) in [5.74, 6) is 0.0426. The van der Waals surface area contributed by atoms with Crippen LogP contribution in [0.5, 0.6) is 0 Å². The molecule has 2 rings (SSSR count). The summed E-state index contributed by atoms with van der Waals surface area (Å²) >= 11 is 0. The molecular weight excluding hydrogens is 298 g/mol. The fraction of sp³-hybridized carbons (Fsp3) is 0.381. The van der Waals surface area contributed by atoms with Gasteiger partial charge in [0.05, 0.1) is 0 Å². The Hall–Kier alpha value is -2.13. The Kier molecular flexibility index (Phi) is 7.01. The normalized spacial score (nSPS) is 13.5. The van der Waals surface area contributed by atoms with E-state index in [1.54, 1.807) is 0 Å². The molecule has 0 amide bonds. The zero-order valence-electron chi connectivity index (χ0n) is 14.8. The fourth-order valence-electron chi connectivity index (χ4n) is 2.96. The van der Waals surface area contributed by atoms with Gasteiger partial charge in [-0.15, -0.1) is 0 Å². The second-order valence-electron chi connectivity index (χ2n) is 6.39. The number of carbonyl (C=O) groups excluding carboxylic acids is 1. The maximum absolute atomic E-state index is 12.0. The second-order valence-corrected chi connectivity index (χ2v) is 6.39. The molecule has 0 unspecified atom stereocenters. The fourth-order valence-corrected chi connectivity index (χ4v) is 2.96. The lowest BCUT2D eigenvalue weighted by atomic mass is 9.89. The molecule has 2 atom stereocenters. The van der Waals surface area contributed by atoms with Gasteiger partial charge in [-0.3, -0.25) is 4.79 Å². The van der Waals surface area contributed by atoms with Gasteiger partial charge in [0, 0.05) is 18.9 Å². The van der Waals surface area contributed by atoms with Crippen molar-refractivity contribution in [2.45, 2.75) is 25.9 Å². The van der Waals surface area contributed by atoms with Crippen LogP contribution in [-0.2, 0) is 16.0 Å². The highest BCUT2D eigenvalue weighted by Gasteiger charge is 2.27. The molecule has 0 saturated carbocycles. The molecule has 0 N–H and O–H groups in total. The molecule has 0 aliphatic carbocycles. The zero-order chi connectivity index (χ0) is 17.4. The van der Waals surface area contributed by atoms with Crippen LogP contribution in [0.3, 0.4) is 0 Å². The number of ether oxygens (including phenoxy) is 1. The topological polar surface area (TPSA) is 29.5 Å². The minimum Gasteiger partial charge on any atom is -0.457 e. The van der Waals surface area contributed by atoms with Crippen molar-refractivity contribution in [1.29, 1.82) is 0 Å². The zero-order valence-corrected chi connectivity index (χ0v) is 14.8. The average molecular weight is 325 g/mol. The van der Waals surface area contributed by atoms with Crippen LogP contribution in [0.15, 0.2) is 60.7 Å². The van der Waals surface area contributed by atoms with Gasteiger partial charge in [0.2, 0.25) is 0 Å². The van der Waals surface area contributed by atoms with Crippen LogP contribution in [0.25, 0.3) is 0 Å². The van der Waals surface area contributed by atoms with Gasteiger partial charge in [0.1, 0.15) is 6.10 Å². The molecule has 0 aliphatic heterocycles. The molecule has 0 fully saturated rings. The van der Waals surface area contributed by atoms with Gasteiger partial charge in [0.15, 0.2) is 0 Å². The van der Waals surface area contributed by atoms with Crippen LogP contribution >= 0.6 is 0 Å². The predicted octanol–water partition coefficient (Wildman–Crippen LogP) is 4.10. The molecule has 2 aromatic carbocycles. The standard InChI is InChI=1S/C21H27NO2/c1-4-20(23)24-21(18-13-9-6-10-14-18)19(16-22(2)3)15-17-11-7-5-8-12-17/h5-14,19,21H,4,15-16H2,1-3H3/t19-,21-/m1/s1. The van der Waals surface area contributed by atoms with E-state index < -0.39 is 0 Å². The first kappa shape index (κ1) is 18.2. The highest BCUT2D eigenvalue weighted by molar-refractivity contribution is 5.69. The van der Waals surface area contributed by atoms with Crippen molar-refractivity contribution in [3.05, 3.63) is 71.8 Å². The Bertz CT molecular complexity index is 610. The van der Waals surface area contributed by atoms with Gasteiger partial charge >= 0.3 is 5.97 Å². The Labute approximate surface area is 145 Å². The molecule has 3 heteroatoms. The lowest BCUT2D eigenvalue weighted by Crippen LogP contribution is -2.30. The molecule has 3 nitrogen and oxygen atoms in total. The van der Waals surface area contributed by atoms with Crippen LogP contribution in [0.1, 0.15) is 30.6 Å². The summed E-state index contributed by atoms with van der Waals surface area (Å²) in [6, 6.07) is 20.5. The molecule has 0 aliphatic rings. The van der Waals surface area contributed by atoms with Gasteiger partial charge in [-0.25, -0.2) is 0 Å². The highest BCUT2D eigenvalue weighted by Crippen LogP contribution is 2.30. The molecule has 0 bridgehead atoms. The Morgan fingerprint density at radius 1 is 1.00 bits per heavy atom. The highest BCUT2D eigenvalue weighted by atomic mass is 16.5. The van der Waals surface area contributed by atoms with E-state index in [1.807, 2.05) is 43.3 Å². The van der Waals surface area contributed by atoms with Gasteiger partial charge in [0.25, 0.3) is 0 Å². The summed E-state index contributed by atoms with van der Waals surface area (Å²) in [6.07, 6.45) is 1.03. The number of nitrogens with zero attached hydrogens (tertiary/aromatic N) is 1. The van der Waals surface area contributed by atoms with Crippen molar-refractivity contribution >= 4 is 5.97 Å². The van der Waals surface area contributed by atoms with Crippen molar-refractivity contribution in [2.24, 2.45) is 5.92 Å². The summed E-state index contributed by atoms with van der Waals surface area (Å²) in [4.78, 5) is 14.2. The van der Waals surface area contributed by atoms with E-state index in [9.17, 15) is 4.79 Å². The summed E-state index contributed by atoms with van der Waals surface area (Å²) in [6.45, 7) is 2.69. The molecule has 0 radical (unpaired) electrons. The van der Waals surface area contributed by atoms with Gasteiger partial charge in [-0.05, 0) is 31.6 Å². The number of hydrogen-bond acceptors (Lipinski definition) is 3. The molecule has 0 heterocycles. The third kappa shape index (κ3) is 5.50. The van der Waals surface area contributed by atoms with E-state index in [2.05, 4.69) is 43.3 Å². The Morgan fingerprint density at radius 3 is 2.12 bits per heavy atom. The number of benzene rings is 2. The number of carbonyl (C=O) groups is 1. The predicted molar refractivity (Wildman–Crippen MR) is 97.8 cm³/mol. The monoisotopic (exact) mass is 325 g/mol. The summed E-state index contributed by atoms with van der Waals surface area (Å²) < 4.78 is 5.86. The van der Waals surface area contributed by atoms with E-state index in [0.717, 1.165) is 18.5 Å². The SMILES string of the molecule is CCC(=O)O[C@H](c1ccccc1)[C@H](Cc1ccccc1)CN(C)C. The first-order valence-corrected chi connectivity index (χ1v) is 8.53. The first-order chi connectivity index (χ1) is 11.6. The van der Waals surface area contributed by atoms with E-state index in [-0.39, 0.29) is 18.0 Å². The number of esters is 1.